The lowest BCUT2D eigenvalue weighted by atomic mass is 10.1. The molecule has 154 valence electrons. The molecule has 1 N–H and O–H groups in total. The van der Waals surface area contributed by atoms with Crippen LogP contribution in [0.1, 0.15) is 93.0 Å². The van der Waals surface area contributed by atoms with Gasteiger partial charge in [-0.1, -0.05) is 62.8 Å². The van der Waals surface area contributed by atoms with Crippen LogP contribution in [0.5, 0.6) is 0 Å². The van der Waals surface area contributed by atoms with Gasteiger partial charge in [-0.25, -0.2) is 0 Å². The molecule has 0 aromatic heterocycles. The zero-order valence-electron chi connectivity index (χ0n) is 17.1. The summed E-state index contributed by atoms with van der Waals surface area (Å²) in [6.07, 6.45) is 16.9. The van der Waals surface area contributed by atoms with E-state index in [1.807, 2.05) is 24.3 Å². The van der Waals surface area contributed by atoms with Crippen LogP contribution in [0.4, 0.5) is 0 Å². The number of nitrogens with one attached hydrogen (secondary N) is 1. The SMILES string of the molecule is O=C1CCCCCNC(=O)c2ccc(cc2)/C=C/CCCCCCCCCO1. The van der Waals surface area contributed by atoms with Crippen molar-refractivity contribution in [2.45, 2.75) is 77.0 Å². The van der Waals surface area contributed by atoms with E-state index in [9.17, 15) is 9.59 Å². The van der Waals surface area contributed by atoms with Crippen LogP contribution in [-0.2, 0) is 9.53 Å². The molecule has 1 aromatic rings. The molecule has 4 heteroatoms. The van der Waals surface area contributed by atoms with Gasteiger partial charge in [-0.05, 0) is 49.8 Å². The molecule has 2 heterocycles. The van der Waals surface area contributed by atoms with Crippen molar-refractivity contribution in [2.24, 2.45) is 0 Å². The molecule has 0 spiro atoms. The largest absolute Gasteiger partial charge is 0.466 e. The van der Waals surface area contributed by atoms with Gasteiger partial charge in [-0.15, -0.1) is 0 Å². The second-order valence-electron chi connectivity index (χ2n) is 7.57. The first-order chi connectivity index (χ1) is 13.8. The van der Waals surface area contributed by atoms with Gasteiger partial charge in [0.15, 0.2) is 0 Å². The van der Waals surface area contributed by atoms with Crippen molar-refractivity contribution in [1.29, 1.82) is 0 Å². The lowest BCUT2D eigenvalue weighted by Crippen LogP contribution is -2.24. The second kappa shape index (κ2) is 14.0. The number of fused-ring (bicyclic) bond motifs is 20. The van der Waals surface area contributed by atoms with Crippen molar-refractivity contribution in [3.63, 3.8) is 0 Å². The predicted molar refractivity (Wildman–Crippen MR) is 114 cm³/mol. The summed E-state index contributed by atoms with van der Waals surface area (Å²) in [7, 11) is 0. The van der Waals surface area contributed by atoms with E-state index in [1.165, 1.54) is 32.1 Å². The van der Waals surface area contributed by atoms with Gasteiger partial charge in [0, 0.05) is 18.5 Å². The summed E-state index contributed by atoms with van der Waals surface area (Å²) >= 11 is 0. The Morgan fingerprint density at radius 3 is 2.21 bits per heavy atom. The fourth-order valence-electron chi connectivity index (χ4n) is 3.35. The number of benzene rings is 1. The minimum absolute atomic E-state index is 0.0376. The highest BCUT2D eigenvalue weighted by Crippen LogP contribution is 2.11. The van der Waals surface area contributed by atoms with Gasteiger partial charge in [0.05, 0.1) is 6.61 Å². The van der Waals surface area contributed by atoms with Crippen molar-refractivity contribution < 1.29 is 14.3 Å². The average molecular weight is 386 g/mol. The van der Waals surface area contributed by atoms with Crippen molar-refractivity contribution >= 4 is 18.0 Å². The number of carbonyl (C=O) groups is 2. The van der Waals surface area contributed by atoms with E-state index in [1.54, 1.807) is 0 Å². The number of amides is 1. The van der Waals surface area contributed by atoms with E-state index >= 15 is 0 Å². The van der Waals surface area contributed by atoms with E-state index in [-0.39, 0.29) is 11.9 Å². The fraction of sp³-hybridized carbons (Fsp3) is 0.583. The standard InChI is InChI=1S/C24H35NO3/c26-23-14-10-8-11-19-25-24(27)22-17-15-21(16-18-22)13-9-6-4-2-1-3-5-7-12-20-28-23/h9,13,15-18H,1-8,10-12,14,19-20H2,(H,25,27)/b13-9+. The number of hydrogen-bond acceptors (Lipinski definition) is 3. The molecule has 0 saturated carbocycles. The average Bonchev–Trinajstić information content (AvgIpc) is 2.71. The second-order valence-corrected chi connectivity index (χ2v) is 7.57. The third-order valence-corrected chi connectivity index (χ3v) is 5.10. The summed E-state index contributed by atoms with van der Waals surface area (Å²) in [4.78, 5) is 23.9. The predicted octanol–water partition coefficient (Wildman–Crippen LogP) is 5.67. The Kier molecular flexibility index (Phi) is 11.1. The number of hydrogen-bond donors (Lipinski definition) is 1. The topological polar surface area (TPSA) is 55.4 Å². The van der Waals surface area contributed by atoms with Crippen molar-refractivity contribution in [1.82, 2.24) is 5.32 Å². The minimum Gasteiger partial charge on any atom is -0.466 e. The van der Waals surface area contributed by atoms with Crippen LogP contribution in [-0.4, -0.2) is 25.0 Å². The molecule has 2 aliphatic rings. The van der Waals surface area contributed by atoms with Gasteiger partial charge in [0.1, 0.15) is 0 Å². The molecule has 0 atom stereocenters. The molecule has 0 fully saturated rings. The van der Waals surface area contributed by atoms with E-state index < -0.39 is 0 Å². The first-order valence-corrected chi connectivity index (χ1v) is 11.0. The highest BCUT2D eigenvalue weighted by atomic mass is 16.5. The first-order valence-electron chi connectivity index (χ1n) is 11.0. The van der Waals surface area contributed by atoms with E-state index in [0.717, 1.165) is 44.1 Å². The quantitative estimate of drug-likeness (QED) is 0.586. The number of esters is 1. The minimum atomic E-state index is -0.0911. The Hall–Kier alpha value is -2.10. The number of ether oxygens (including phenoxy) is 1. The van der Waals surface area contributed by atoms with E-state index in [4.69, 9.17) is 4.74 Å². The smallest absolute Gasteiger partial charge is 0.305 e. The summed E-state index contributed by atoms with van der Waals surface area (Å²) in [5.74, 6) is -0.129. The maximum atomic E-state index is 12.2. The summed E-state index contributed by atoms with van der Waals surface area (Å²) in [6, 6.07) is 7.75. The monoisotopic (exact) mass is 385 g/mol. The molecule has 2 aliphatic heterocycles. The Labute approximate surface area is 169 Å². The number of rotatable bonds is 0. The summed E-state index contributed by atoms with van der Waals surface area (Å²) in [5.41, 5.74) is 1.83. The highest BCUT2D eigenvalue weighted by Gasteiger charge is 2.05. The van der Waals surface area contributed by atoms with Gasteiger partial charge >= 0.3 is 5.97 Å². The zero-order valence-corrected chi connectivity index (χ0v) is 17.1. The van der Waals surface area contributed by atoms with Crippen LogP contribution in [0.15, 0.2) is 30.3 Å². The number of carbonyl (C=O) groups excluding carboxylic acids is 2. The fourth-order valence-corrected chi connectivity index (χ4v) is 3.35. The lowest BCUT2D eigenvalue weighted by Gasteiger charge is -2.07. The molecular weight excluding hydrogens is 350 g/mol. The lowest BCUT2D eigenvalue weighted by molar-refractivity contribution is -0.143. The summed E-state index contributed by atoms with van der Waals surface area (Å²) in [6.45, 7) is 1.19. The molecule has 0 unspecified atom stereocenters. The molecule has 0 aliphatic carbocycles. The molecule has 1 aromatic carbocycles. The van der Waals surface area contributed by atoms with Gasteiger partial charge < -0.3 is 10.1 Å². The normalized spacial score (nSPS) is 20.6. The van der Waals surface area contributed by atoms with Crippen molar-refractivity contribution in [3.05, 3.63) is 41.5 Å². The maximum absolute atomic E-state index is 12.2. The van der Waals surface area contributed by atoms with Crippen LogP contribution >= 0.6 is 0 Å². The molecule has 4 nitrogen and oxygen atoms in total. The maximum Gasteiger partial charge on any atom is 0.305 e. The molecule has 2 bridgehead atoms. The van der Waals surface area contributed by atoms with Crippen LogP contribution in [0.2, 0.25) is 0 Å². The van der Waals surface area contributed by atoms with Gasteiger partial charge in [0.2, 0.25) is 0 Å². The van der Waals surface area contributed by atoms with E-state index in [0.29, 0.717) is 25.1 Å². The third-order valence-electron chi connectivity index (χ3n) is 5.10. The zero-order chi connectivity index (χ0) is 19.9. The molecular formula is C24H35NO3. The number of allylic oxidation sites excluding steroid dienone is 1. The Morgan fingerprint density at radius 2 is 1.43 bits per heavy atom. The molecule has 3 rings (SSSR count). The third kappa shape index (κ3) is 9.72. The van der Waals surface area contributed by atoms with Crippen LogP contribution in [0, 0.1) is 0 Å². The van der Waals surface area contributed by atoms with E-state index in [2.05, 4.69) is 17.5 Å². The molecule has 28 heavy (non-hydrogen) atoms. The summed E-state index contributed by atoms with van der Waals surface area (Å²) in [5, 5.41) is 2.95. The van der Waals surface area contributed by atoms with Crippen LogP contribution in [0.25, 0.3) is 6.08 Å². The van der Waals surface area contributed by atoms with Crippen LogP contribution in [0.3, 0.4) is 0 Å². The molecule has 0 radical (unpaired) electrons. The van der Waals surface area contributed by atoms with Crippen molar-refractivity contribution in [3.8, 4) is 0 Å². The van der Waals surface area contributed by atoms with Gasteiger partial charge in [0.25, 0.3) is 5.91 Å². The van der Waals surface area contributed by atoms with Crippen molar-refractivity contribution in [2.75, 3.05) is 13.2 Å². The molecule has 0 saturated heterocycles. The summed E-state index contributed by atoms with van der Waals surface area (Å²) < 4.78 is 5.29. The van der Waals surface area contributed by atoms with Gasteiger partial charge in [-0.2, -0.15) is 0 Å². The van der Waals surface area contributed by atoms with Gasteiger partial charge in [-0.3, -0.25) is 9.59 Å². The highest BCUT2D eigenvalue weighted by molar-refractivity contribution is 5.94. The first kappa shape index (κ1) is 22.2. The molecule has 1 amide bonds. The Bertz CT molecular complexity index is 607. The Morgan fingerprint density at radius 1 is 0.750 bits per heavy atom. The van der Waals surface area contributed by atoms with Crippen LogP contribution < -0.4 is 5.32 Å². The Balaban J connectivity index is 1.80.